The van der Waals surface area contributed by atoms with Gasteiger partial charge in [-0.15, -0.1) is 0 Å². The van der Waals surface area contributed by atoms with Crippen LogP contribution in [0.3, 0.4) is 0 Å². The number of carbonyl (C=O) groups excluding carboxylic acids is 2. The first-order valence-corrected chi connectivity index (χ1v) is 5.19. The van der Waals surface area contributed by atoms with E-state index in [2.05, 4.69) is 5.32 Å². The van der Waals surface area contributed by atoms with E-state index < -0.39 is 11.5 Å². The second-order valence-corrected chi connectivity index (χ2v) is 4.55. The molecule has 1 atom stereocenters. The molecule has 1 fully saturated rings. The summed E-state index contributed by atoms with van der Waals surface area (Å²) >= 11 is 0. The number of nitrogens with two attached hydrogens (primary N) is 1. The molecule has 1 unspecified atom stereocenters. The Morgan fingerprint density at radius 2 is 2.27 bits per heavy atom. The second kappa shape index (κ2) is 4.18. The third-order valence-corrected chi connectivity index (χ3v) is 2.85. The average Bonchev–Trinajstić information content (AvgIpc) is 2.21. The molecule has 1 saturated heterocycles. The van der Waals surface area contributed by atoms with Crippen molar-refractivity contribution in [2.75, 3.05) is 19.6 Å². The minimum atomic E-state index is -0.591. The molecule has 86 valence electrons. The number of amides is 2. The monoisotopic (exact) mass is 213 g/mol. The Balaban J connectivity index is 2.79. The van der Waals surface area contributed by atoms with Gasteiger partial charge in [-0.25, -0.2) is 0 Å². The van der Waals surface area contributed by atoms with Gasteiger partial charge in [0, 0.05) is 19.6 Å². The summed E-state index contributed by atoms with van der Waals surface area (Å²) in [6.45, 7) is 6.71. The van der Waals surface area contributed by atoms with Crippen molar-refractivity contribution in [1.29, 1.82) is 0 Å². The number of nitrogens with one attached hydrogen (secondary N) is 1. The van der Waals surface area contributed by atoms with Crippen molar-refractivity contribution in [3.8, 4) is 0 Å². The van der Waals surface area contributed by atoms with Gasteiger partial charge < -0.3 is 16.0 Å². The molecule has 0 spiro atoms. The maximum absolute atomic E-state index is 12.1. The maximum atomic E-state index is 12.1. The molecule has 15 heavy (non-hydrogen) atoms. The molecule has 0 aromatic rings. The zero-order valence-corrected chi connectivity index (χ0v) is 9.54. The molecular formula is C10H19N3O2. The number of rotatable bonds is 2. The van der Waals surface area contributed by atoms with E-state index in [-0.39, 0.29) is 18.4 Å². The third-order valence-electron chi connectivity index (χ3n) is 2.85. The van der Waals surface area contributed by atoms with Gasteiger partial charge in [-0.3, -0.25) is 9.59 Å². The largest absolute Gasteiger partial charge is 0.353 e. The predicted molar refractivity (Wildman–Crippen MR) is 57.0 cm³/mol. The van der Waals surface area contributed by atoms with E-state index in [0.717, 1.165) is 0 Å². The van der Waals surface area contributed by atoms with E-state index >= 15 is 0 Å². The average molecular weight is 213 g/mol. The van der Waals surface area contributed by atoms with E-state index in [9.17, 15) is 9.59 Å². The van der Waals surface area contributed by atoms with Gasteiger partial charge in [0.2, 0.25) is 11.8 Å². The highest BCUT2D eigenvalue weighted by molar-refractivity contribution is 5.90. The molecule has 0 aliphatic carbocycles. The smallest absolute Gasteiger partial charge is 0.242 e. The number of hydrogen-bond donors (Lipinski definition) is 2. The Hall–Kier alpha value is -1.10. The van der Waals surface area contributed by atoms with Crippen molar-refractivity contribution in [2.45, 2.75) is 26.8 Å². The van der Waals surface area contributed by atoms with Crippen molar-refractivity contribution in [2.24, 2.45) is 11.1 Å². The van der Waals surface area contributed by atoms with Gasteiger partial charge in [-0.2, -0.15) is 0 Å². The number of carbonyl (C=O) groups is 2. The topological polar surface area (TPSA) is 75.4 Å². The lowest BCUT2D eigenvalue weighted by Crippen LogP contribution is -2.59. The van der Waals surface area contributed by atoms with Crippen LogP contribution < -0.4 is 11.1 Å². The zero-order valence-electron chi connectivity index (χ0n) is 9.54. The molecule has 5 nitrogen and oxygen atoms in total. The molecule has 1 rings (SSSR count). The summed E-state index contributed by atoms with van der Waals surface area (Å²) < 4.78 is 0. The summed E-state index contributed by atoms with van der Waals surface area (Å²) in [6, 6.07) is -0.392. The summed E-state index contributed by atoms with van der Waals surface area (Å²) in [6.07, 6.45) is 0. The molecule has 2 amide bonds. The standard InChI is InChI=1S/C10H19N3O2/c1-7-8(14)12-4-5-13(7)9(15)10(2,3)6-11/h7H,4-6,11H2,1-3H3,(H,12,14). The van der Waals surface area contributed by atoms with Crippen LogP contribution in [0.15, 0.2) is 0 Å². The lowest BCUT2D eigenvalue weighted by molar-refractivity contribution is -0.148. The molecule has 3 N–H and O–H groups in total. The van der Waals surface area contributed by atoms with E-state index in [1.807, 2.05) is 0 Å². The van der Waals surface area contributed by atoms with E-state index in [4.69, 9.17) is 5.73 Å². The van der Waals surface area contributed by atoms with Crippen LogP contribution in [0.4, 0.5) is 0 Å². The van der Waals surface area contributed by atoms with Crippen LogP contribution in [-0.4, -0.2) is 42.4 Å². The lowest BCUT2D eigenvalue weighted by Gasteiger charge is -2.37. The molecule has 0 bridgehead atoms. The Bertz CT molecular complexity index is 276. The molecular weight excluding hydrogens is 194 g/mol. The van der Waals surface area contributed by atoms with E-state index in [1.54, 1.807) is 25.7 Å². The van der Waals surface area contributed by atoms with Gasteiger partial charge in [-0.05, 0) is 20.8 Å². The quantitative estimate of drug-likeness (QED) is 0.638. The molecule has 5 heteroatoms. The molecule has 1 aliphatic heterocycles. The normalized spacial score (nSPS) is 22.5. The van der Waals surface area contributed by atoms with Crippen LogP contribution in [-0.2, 0) is 9.59 Å². The zero-order chi connectivity index (χ0) is 11.6. The summed E-state index contributed by atoms with van der Waals surface area (Å²) in [5.74, 6) is -0.144. The Labute approximate surface area is 90.0 Å². The molecule has 0 saturated carbocycles. The summed E-state index contributed by atoms with van der Waals surface area (Å²) in [7, 11) is 0. The first kappa shape index (κ1) is 12.0. The third kappa shape index (κ3) is 2.28. The van der Waals surface area contributed by atoms with Crippen LogP contribution in [0.2, 0.25) is 0 Å². The minimum absolute atomic E-state index is 0.0487. The summed E-state index contributed by atoms with van der Waals surface area (Å²) in [5, 5.41) is 2.72. The molecule has 1 heterocycles. The Morgan fingerprint density at radius 1 is 1.67 bits per heavy atom. The highest BCUT2D eigenvalue weighted by Crippen LogP contribution is 2.19. The van der Waals surface area contributed by atoms with Crippen LogP contribution in [0.5, 0.6) is 0 Å². The van der Waals surface area contributed by atoms with Crippen LogP contribution in [0, 0.1) is 5.41 Å². The molecule has 0 aromatic carbocycles. The van der Waals surface area contributed by atoms with E-state index in [0.29, 0.717) is 13.1 Å². The fourth-order valence-electron chi connectivity index (χ4n) is 1.54. The minimum Gasteiger partial charge on any atom is -0.353 e. The highest BCUT2D eigenvalue weighted by atomic mass is 16.2. The lowest BCUT2D eigenvalue weighted by atomic mass is 9.91. The predicted octanol–water partition coefficient (Wildman–Crippen LogP) is -0.682. The molecule has 0 aromatic heterocycles. The molecule has 1 aliphatic rings. The van der Waals surface area contributed by atoms with Gasteiger partial charge in [0.1, 0.15) is 6.04 Å². The fourth-order valence-corrected chi connectivity index (χ4v) is 1.54. The first-order chi connectivity index (χ1) is 6.90. The summed E-state index contributed by atoms with van der Waals surface area (Å²) in [4.78, 5) is 25.1. The van der Waals surface area contributed by atoms with Crippen molar-refractivity contribution < 1.29 is 9.59 Å². The number of piperazine rings is 1. The Morgan fingerprint density at radius 3 is 2.80 bits per heavy atom. The van der Waals surface area contributed by atoms with Crippen molar-refractivity contribution in [1.82, 2.24) is 10.2 Å². The Kier molecular flexibility index (Phi) is 3.34. The van der Waals surface area contributed by atoms with Gasteiger partial charge >= 0.3 is 0 Å². The maximum Gasteiger partial charge on any atom is 0.242 e. The van der Waals surface area contributed by atoms with Crippen molar-refractivity contribution in [3.05, 3.63) is 0 Å². The number of nitrogens with zero attached hydrogens (tertiary/aromatic N) is 1. The van der Waals surface area contributed by atoms with Gasteiger partial charge in [0.25, 0.3) is 0 Å². The summed E-state index contributed by atoms with van der Waals surface area (Å²) in [5.41, 5.74) is 4.95. The van der Waals surface area contributed by atoms with Crippen molar-refractivity contribution >= 4 is 11.8 Å². The van der Waals surface area contributed by atoms with Crippen molar-refractivity contribution in [3.63, 3.8) is 0 Å². The van der Waals surface area contributed by atoms with Crippen LogP contribution in [0.25, 0.3) is 0 Å². The van der Waals surface area contributed by atoms with Gasteiger partial charge in [0.15, 0.2) is 0 Å². The van der Waals surface area contributed by atoms with Gasteiger partial charge in [0.05, 0.1) is 5.41 Å². The highest BCUT2D eigenvalue weighted by Gasteiger charge is 2.36. The van der Waals surface area contributed by atoms with Crippen LogP contribution in [0.1, 0.15) is 20.8 Å². The van der Waals surface area contributed by atoms with E-state index in [1.165, 1.54) is 0 Å². The molecule has 0 radical (unpaired) electrons. The second-order valence-electron chi connectivity index (χ2n) is 4.55. The first-order valence-electron chi connectivity index (χ1n) is 5.19. The van der Waals surface area contributed by atoms with Gasteiger partial charge in [-0.1, -0.05) is 0 Å². The number of hydrogen-bond acceptors (Lipinski definition) is 3. The fraction of sp³-hybridized carbons (Fsp3) is 0.800. The van der Waals surface area contributed by atoms with Crippen LogP contribution >= 0.6 is 0 Å². The SMILES string of the molecule is CC1C(=O)NCCN1C(=O)C(C)(C)CN.